The van der Waals surface area contributed by atoms with E-state index in [1.807, 2.05) is 6.92 Å². The van der Waals surface area contributed by atoms with E-state index in [2.05, 4.69) is 11.9 Å². The van der Waals surface area contributed by atoms with Gasteiger partial charge in [0, 0.05) is 19.4 Å². The fraction of sp³-hybridized carbons (Fsp3) is 1.00. The van der Waals surface area contributed by atoms with E-state index in [1.54, 1.807) is 0 Å². The number of rotatable bonds is 11. The lowest BCUT2D eigenvalue weighted by Crippen LogP contribution is -2.51. The highest BCUT2D eigenvalue weighted by atomic mass is 32.2. The fourth-order valence-corrected chi connectivity index (χ4v) is 3.74. The van der Waals surface area contributed by atoms with E-state index >= 15 is 0 Å². The number of quaternary nitrogens is 1. The molecular weight excluding hydrogens is 304 g/mol. The minimum atomic E-state index is -3.89. The maximum atomic E-state index is 10.9. The Hall–Kier alpha value is -0.210. The van der Waals surface area contributed by atoms with Crippen LogP contribution in [0.15, 0.2) is 0 Å². The predicted octanol–water partition coefficient (Wildman–Crippen LogP) is 0.968. The summed E-state index contributed by atoms with van der Waals surface area (Å²) in [5, 5.41) is 9.97. The van der Waals surface area contributed by atoms with Crippen LogP contribution in [0.3, 0.4) is 0 Å². The molecule has 0 spiro atoms. The molecule has 1 saturated heterocycles. The van der Waals surface area contributed by atoms with Crippen molar-refractivity contribution < 1.29 is 22.6 Å². The second-order valence-corrected chi connectivity index (χ2v) is 8.43. The highest BCUT2D eigenvalue weighted by molar-refractivity contribution is 7.85. The molecule has 0 amide bonds. The minimum absolute atomic E-state index is 0.199. The zero-order chi connectivity index (χ0) is 16.6. The Balaban J connectivity index is 2.44. The third-order valence-corrected chi connectivity index (χ3v) is 5.40. The van der Waals surface area contributed by atoms with Gasteiger partial charge in [-0.15, -0.1) is 0 Å². The molecule has 1 heterocycles. The molecule has 22 heavy (non-hydrogen) atoms. The summed E-state index contributed by atoms with van der Waals surface area (Å²) < 4.78 is 31.3. The summed E-state index contributed by atoms with van der Waals surface area (Å²) in [6, 6.07) is 0. The van der Waals surface area contributed by atoms with Gasteiger partial charge in [-0.05, 0) is 32.4 Å². The van der Waals surface area contributed by atoms with Gasteiger partial charge in [-0.1, -0.05) is 6.92 Å². The molecule has 0 aliphatic carbocycles. The fourth-order valence-electron chi connectivity index (χ4n) is 3.24. The Morgan fingerprint density at radius 3 is 2.32 bits per heavy atom. The van der Waals surface area contributed by atoms with Gasteiger partial charge < -0.3 is 14.5 Å². The molecule has 6 nitrogen and oxygen atoms in total. The van der Waals surface area contributed by atoms with Crippen LogP contribution in [-0.4, -0.2) is 85.6 Å². The Morgan fingerprint density at radius 2 is 1.77 bits per heavy atom. The summed E-state index contributed by atoms with van der Waals surface area (Å²) in [7, 11) is -1.82. The number of aliphatic hydroxyl groups is 1. The quantitative estimate of drug-likeness (QED) is 0.434. The van der Waals surface area contributed by atoms with Crippen LogP contribution < -0.4 is 0 Å². The molecule has 0 aromatic carbocycles. The third kappa shape index (κ3) is 8.43. The Labute approximate surface area is 135 Å². The minimum Gasteiger partial charge on any atom is -0.387 e. The molecule has 0 aromatic rings. The second kappa shape index (κ2) is 9.17. The van der Waals surface area contributed by atoms with Gasteiger partial charge in [-0.3, -0.25) is 4.55 Å². The number of nitrogens with zero attached hydrogens (tertiary/aromatic N) is 2. The van der Waals surface area contributed by atoms with Gasteiger partial charge in [0.25, 0.3) is 10.1 Å². The molecule has 2 N–H and O–H groups in total. The molecule has 7 heteroatoms. The lowest BCUT2D eigenvalue weighted by atomic mass is 10.2. The molecule has 1 rings (SSSR count). The predicted molar refractivity (Wildman–Crippen MR) is 88.4 cm³/mol. The number of likely N-dealkylation sites (N-methyl/N-ethyl adjacent to an activating group) is 1. The lowest BCUT2D eigenvalue weighted by Gasteiger charge is -2.36. The van der Waals surface area contributed by atoms with Crippen molar-refractivity contribution in [3.8, 4) is 0 Å². The van der Waals surface area contributed by atoms with E-state index in [0.29, 0.717) is 30.4 Å². The molecule has 132 valence electrons. The van der Waals surface area contributed by atoms with Crippen molar-refractivity contribution in [2.24, 2.45) is 0 Å². The van der Waals surface area contributed by atoms with Crippen LogP contribution in [-0.2, 0) is 10.1 Å². The number of aliphatic hydroxyl groups excluding tert-OH is 1. The van der Waals surface area contributed by atoms with Gasteiger partial charge in [-0.25, -0.2) is 0 Å². The van der Waals surface area contributed by atoms with Crippen LogP contribution in [0.5, 0.6) is 0 Å². The van der Waals surface area contributed by atoms with E-state index in [-0.39, 0.29) is 11.9 Å². The second-order valence-electron chi connectivity index (χ2n) is 6.85. The van der Waals surface area contributed by atoms with Crippen molar-refractivity contribution >= 4 is 10.1 Å². The standard InChI is InChI=1S/C15H32N2O4S/c1-3-15(18)14-17(2,12-7-13-22(19,20)21)11-6-10-16-8-4-5-9-16/h15,18H,3-14H2,1-2H3/p+1. The van der Waals surface area contributed by atoms with Crippen molar-refractivity contribution in [2.75, 3.05) is 52.1 Å². The van der Waals surface area contributed by atoms with Crippen molar-refractivity contribution in [1.29, 1.82) is 0 Å². The molecule has 0 radical (unpaired) electrons. The molecule has 0 saturated carbocycles. The van der Waals surface area contributed by atoms with E-state index in [0.717, 1.165) is 19.5 Å². The summed E-state index contributed by atoms with van der Waals surface area (Å²) in [4.78, 5) is 2.47. The third-order valence-electron chi connectivity index (χ3n) is 4.59. The first-order valence-corrected chi connectivity index (χ1v) is 10.0. The van der Waals surface area contributed by atoms with Crippen LogP contribution >= 0.6 is 0 Å². The first kappa shape index (κ1) is 19.8. The largest absolute Gasteiger partial charge is 0.387 e. The van der Waals surface area contributed by atoms with Crippen molar-refractivity contribution in [2.45, 2.75) is 45.1 Å². The van der Waals surface area contributed by atoms with E-state index in [9.17, 15) is 13.5 Å². The molecule has 0 bridgehead atoms. The normalized spacial score (nSPS) is 20.9. The zero-order valence-corrected chi connectivity index (χ0v) is 14.9. The van der Waals surface area contributed by atoms with Gasteiger partial charge >= 0.3 is 0 Å². The Morgan fingerprint density at radius 1 is 1.18 bits per heavy atom. The average Bonchev–Trinajstić information content (AvgIpc) is 2.90. The van der Waals surface area contributed by atoms with Crippen molar-refractivity contribution in [3.05, 3.63) is 0 Å². The topological polar surface area (TPSA) is 77.8 Å². The summed E-state index contributed by atoms with van der Waals surface area (Å²) in [6.45, 7) is 7.64. The monoisotopic (exact) mass is 337 g/mol. The first-order valence-electron chi connectivity index (χ1n) is 8.43. The first-order chi connectivity index (χ1) is 10.2. The number of hydrogen-bond donors (Lipinski definition) is 2. The van der Waals surface area contributed by atoms with Gasteiger partial charge in [-0.2, -0.15) is 8.42 Å². The van der Waals surface area contributed by atoms with Crippen LogP contribution in [0.1, 0.15) is 39.0 Å². The lowest BCUT2D eigenvalue weighted by molar-refractivity contribution is -0.912. The van der Waals surface area contributed by atoms with Crippen LogP contribution in [0.4, 0.5) is 0 Å². The Kier molecular flexibility index (Phi) is 8.27. The zero-order valence-electron chi connectivity index (χ0n) is 14.1. The molecule has 1 fully saturated rings. The highest BCUT2D eigenvalue weighted by Gasteiger charge is 2.25. The van der Waals surface area contributed by atoms with Crippen molar-refractivity contribution in [1.82, 2.24) is 4.90 Å². The number of hydrogen-bond acceptors (Lipinski definition) is 4. The van der Waals surface area contributed by atoms with E-state index in [1.165, 1.54) is 25.9 Å². The van der Waals surface area contributed by atoms with Gasteiger partial charge in [0.05, 0.1) is 25.9 Å². The summed E-state index contributed by atoms with van der Waals surface area (Å²) in [5.74, 6) is -0.199. The average molecular weight is 338 g/mol. The van der Waals surface area contributed by atoms with E-state index < -0.39 is 10.1 Å². The highest BCUT2D eigenvalue weighted by Crippen LogP contribution is 2.13. The molecule has 0 aromatic heterocycles. The van der Waals surface area contributed by atoms with Crippen molar-refractivity contribution in [3.63, 3.8) is 0 Å². The maximum absolute atomic E-state index is 10.9. The van der Waals surface area contributed by atoms with Gasteiger partial charge in [0.15, 0.2) is 0 Å². The van der Waals surface area contributed by atoms with Crippen LogP contribution in [0.2, 0.25) is 0 Å². The Bertz CT molecular complexity index is 410. The van der Waals surface area contributed by atoms with Crippen LogP contribution in [0.25, 0.3) is 0 Å². The molecule has 2 atom stereocenters. The molecule has 2 unspecified atom stereocenters. The SMILES string of the molecule is CCC(O)C[N+](C)(CCCN1CCCC1)CCCS(=O)(=O)O. The molecule has 1 aliphatic rings. The smallest absolute Gasteiger partial charge is 0.265 e. The van der Waals surface area contributed by atoms with Crippen LogP contribution in [0, 0.1) is 0 Å². The van der Waals surface area contributed by atoms with Gasteiger partial charge in [0.1, 0.15) is 12.6 Å². The maximum Gasteiger partial charge on any atom is 0.265 e. The summed E-state index contributed by atoms with van der Waals surface area (Å²) in [5.41, 5.74) is 0. The number of likely N-dealkylation sites (tertiary alicyclic amines) is 1. The van der Waals surface area contributed by atoms with Gasteiger partial charge in [0.2, 0.25) is 0 Å². The molecule has 1 aliphatic heterocycles. The van der Waals surface area contributed by atoms with E-state index in [4.69, 9.17) is 4.55 Å². The summed E-state index contributed by atoms with van der Waals surface area (Å²) >= 11 is 0. The molecular formula is C15H33N2O4S+. The summed E-state index contributed by atoms with van der Waals surface area (Å²) in [6.07, 6.45) is 4.40.